The van der Waals surface area contributed by atoms with Crippen molar-refractivity contribution in [1.29, 1.82) is 0 Å². The maximum Gasteiger partial charge on any atom is 0 e. The Morgan fingerprint density at radius 1 is 1.00 bits per heavy atom. The van der Waals surface area contributed by atoms with Crippen molar-refractivity contribution in [1.82, 2.24) is 0 Å². The van der Waals surface area contributed by atoms with Crippen LogP contribution in [0.2, 0.25) is 0 Å². The van der Waals surface area contributed by atoms with E-state index in [1.165, 1.54) is 0 Å². The molecule has 0 heterocycles. The Bertz CT molecular complexity index is 8.00. The SMILES string of the molecule is [Hf].[Ta].[TlH].[W]. The molecule has 0 rings (SSSR count). The smallest absolute Gasteiger partial charge is 0 e. The van der Waals surface area contributed by atoms with E-state index in [9.17, 15) is 0 Å². The minimum Gasteiger partial charge on any atom is 0 e. The predicted octanol–water partition coefficient (Wildman–Crippen LogP) is -0.656. The predicted molar refractivity (Wildman–Crippen MR) is 7.15 cm³/mol. The largest absolute Gasteiger partial charge is 0 e. The summed E-state index contributed by atoms with van der Waals surface area (Å²) < 4.78 is 0. The van der Waals surface area contributed by atoms with Gasteiger partial charge in [0.2, 0.25) is 0 Å². The molecule has 0 N–H and O–H groups in total. The molecule has 0 unspecified atom stereocenters. The third-order valence-corrected chi connectivity index (χ3v) is 0. The van der Waals surface area contributed by atoms with E-state index in [0.717, 1.165) is 0 Å². The maximum absolute atomic E-state index is 0. The molecule has 0 aromatic rings. The average molecular weight is 749 g/mol. The van der Waals surface area contributed by atoms with Gasteiger partial charge in [-0.25, -0.2) is 0 Å². The minimum absolute atomic E-state index is 0. The van der Waals surface area contributed by atoms with Crippen molar-refractivity contribution >= 4 is 27.3 Å². The Kier molecular flexibility index (Phi) is 110. The second-order valence-corrected chi connectivity index (χ2v) is 0. The molecular formula is HHfTaTlW. The molecule has 0 saturated heterocycles. The van der Waals surface area contributed by atoms with Gasteiger partial charge in [0.05, 0.1) is 0 Å². The second kappa shape index (κ2) is 16.3. The maximum atomic E-state index is 0. The van der Waals surface area contributed by atoms with Crippen LogP contribution in [0.15, 0.2) is 0 Å². The van der Waals surface area contributed by atoms with Gasteiger partial charge in [-0.3, -0.25) is 0 Å². The van der Waals surface area contributed by atoms with Crippen LogP contribution in [0.5, 0.6) is 0 Å². The Labute approximate surface area is 94.6 Å². The third kappa shape index (κ3) is 8.97. The van der Waals surface area contributed by atoms with Gasteiger partial charge in [0.25, 0.3) is 0 Å². The van der Waals surface area contributed by atoms with Crippen molar-refractivity contribution in [3.05, 3.63) is 0 Å². The molecule has 0 aliphatic heterocycles. The zero-order valence-electron chi connectivity index (χ0n) is 2.06. The van der Waals surface area contributed by atoms with Gasteiger partial charge >= 0.3 is 27.3 Å². The standard InChI is InChI=1S/Hf.Ta.Tl.W.H. The molecule has 0 amide bonds. The van der Waals surface area contributed by atoms with E-state index in [1.807, 2.05) is 0 Å². The molecule has 0 bridgehead atoms. The van der Waals surface area contributed by atoms with Gasteiger partial charge in [-0.2, -0.15) is 0 Å². The quantitative estimate of drug-likeness (QED) is 0.290. The van der Waals surface area contributed by atoms with Crippen LogP contribution >= 0.6 is 0 Å². The molecule has 0 nitrogen and oxygen atoms in total. The molecule has 4 heavy (non-hydrogen) atoms. The molecule has 0 aromatic carbocycles. The van der Waals surface area contributed by atoms with E-state index < -0.39 is 0 Å². The molecule has 0 spiro atoms. The summed E-state index contributed by atoms with van der Waals surface area (Å²) >= 11 is 0. The first-order chi connectivity index (χ1) is 0. The Morgan fingerprint density at radius 2 is 1.00 bits per heavy atom. The van der Waals surface area contributed by atoms with Crippen molar-refractivity contribution in [2.75, 3.05) is 0 Å². The van der Waals surface area contributed by atoms with Crippen LogP contribution in [0.3, 0.4) is 0 Å². The molecule has 0 fully saturated rings. The molecule has 19 valence electrons. The van der Waals surface area contributed by atoms with Crippen LogP contribution in [0.4, 0.5) is 0 Å². The van der Waals surface area contributed by atoms with E-state index in [4.69, 9.17) is 0 Å². The van der Waals surface area contributed by atoms with Crippen molar-refractivity contribution in [3.8, 4) is 0 Å². The molecule has 0 aliphatic carbocycles. The number of rotatable bonds is 0. The third-order valence-electron chi connectivity index (χ3n) is 0. The number of hydrogen-bond acceptors (Lipinski definition) is 0. The summed E-state index contributed by atoms with van der Waals surface area (Å²) in [5.41, 5.74) is 0. The van der Waals surface area contributed by atoms with Gasteiger partial charge in [-0.1, -0.05) is 0 Å². The van der Waals surface area contributed by atoms with Crippen LogP contribution in [0, 0.1) is 0 Å². The van der Waals surface area contributed by atoms with Gasteiger partial charge < -0.3 is 0 Å². The fourth-order valence-electron chi connectivity index (χ4n) is 0. The van der Waals surface area contributed by atoms with Crippen LogP contribution in [-0.2, 0) is 69.3 Å². The molecule has 0 saturated carbocycles. The molecule has 2 radical (unpaired) electrons. The zero-order valence-corrected chi connectivity index (χ0v) is 17.3. The van der Waals surface area contributed by atoms with Gasteiger partial charge in [-0.05, 0) is 0 Å². The van der Waals surface area contributed by atoms with Crippen molar-refractivity contribution in [3.63, 3.8) is 0 Å². The Balaban J connectivity index is 0. The van der Waals surface area contributed by atoms with Gasteiger partial charge in [0, 0.05) is 69.3 Å². The molecule has 0 atom stereocenters. The summed E-state index contributed by atoms with van der Waals surface area (Å²) in [6.07, 6.45) is 0. The second-order valence-electron chi connectivity index (χ2n) is 0. The Morgan fingerprint density at radius 3 is 1.00 bits per heavy atom. The normalized spacial score (nSPS) is 0. The van der Waals surface area contributed by atoms with E-state index in [0.29, 0.717) is 0 Å². The van der Waals surface area contributed by atoms with Crippen molar-refractivity contribution < 1.29 is 69.3 Å². The fraction of sp³-hybridized carbons (Fsp3) is 0. The fourth-order valence-corrected chi connectivity index (χ4v) is 0. The summed E-state index contributed by atoms with van der Waals surface area (Å²) in [6, 6.07) is 0. The van der Waals surface area contributed by atoms with Crippen LogP contribution < -0.4 is 0 Å². The first-order valence-corrected chi connectivity index (χ1v) is 0. The number of hydrogen-bond donors (Lipinski definition) is 0. The zero-order chi connectivity index (χ0) is 0. The van der Waals surface area contributed by atoms with Gasteiger partial charge in [-0.15, -0.1) is 0 Å². The summed E-state index contributed by atoms with van der Waals surface area (Å²) in [4.78, 5) is 0. The van der Waals surface area contributed by atoms with Gasteiger partial charge in [0.1, 0.15) is 0 Å². The van der Waals surface area contributed by atoms with Crippen molar-refractivity contribution in [2.45, 2.75) is 0 Å². The van der Waals surface area contributed by atoms with Crippen molar-refractivity contribution in [2.24, 2.45) is 0 Å². The van der Waals surface area contributed by atoms with E-state index in [1.54, 1.807) is 0 Å². The summed E-state index contributed by atoms with van der Waals surface area (Å²) in [7, 11) is 0. The van der Waals surface area contributed by atoms with Crippen LogP contribution in [-0.4, -0.2) is 27.3 Å². The monoisotopic (exact) mass is 751 g/mol. The van der Waals surface area contributed by atoms with E-state index in [2.05, 4.69) is 0 Å². The van der Waals surface area contributed by atoms with E-state index in [-0.39, 0.29) is 96.6 Å². The Hall–Kier alpha value is 3.22. The topological polar surface area (TPSA) is 0 Å². The van der Waals surface area contributed by atoms with Gasteiger partial charge in [0.15, 0.2) is 0 Å². The summed E-state index contributed by atoms with van der Waals surface area (Å²) in [6.45, 7) is 0. The van der Waals surface area contributed by atoms with Crippen LogP contribution in [0.1, 0.15) is 0 Å². The first kappa shape index (κ1) is 26.9. The first-order valence-electron chi connectivity index (χ1n) is 0. The molecule has 4 heteroatoms. The van der Waals surface area contributed by atoms with E-state index >= 15 is 0 Å². The molecule has 0 aromatic heterocycles. The van der Waals surface area contributed by atoms with Crippen LogP contribution in [0.25, 0.3) is 0 Å². The average Bonchev–Trinajstić information content (AvgIpc) is 0. The molecule has 0 aliphatic rings. The summed E-state index contributed by atoms with van der Waals surface area (Å²) in [5, 5.41) is 0. The minimum atomic E-state index is 0. The summed E-state index contributed by atoms with van der Waals surface area (Å²) in [5.74, 6) is 0. The molecular weight excluding hydrogens is 748 g/mol.